The smallest absolute Gasteiger partial charge is 0.254 e. The first-order valence-electron chi connectivity index (χ1n) is 13.2. The van der Waals surface area contributed by atoms with E-state index in [4.69, 9.17) is 10.7 Å². The Morgan fingerprint density at radius 1 is 1.11 bits per heavy atom. The molecule has 2 saturated heterocycles. The van der Waals surface area contributed by atoms with Gasteiger partial charge in [-0.15, -0.1) is 0 Å². The number of aromatic amines is 1. The summed E-state index contributed by atoms with van der Waals surface area (Å²) in [5.74, 6) is 1.20. The average Bonchev–Trinajstić information content (AvgIpc) is 3.57. The normalized spacial score (nSPS) is 16.9. The molecule has 5 N–H and O–H groups in total. The van der Waals surface area contributed by atoms with Crippen LogP contribution >= 0.6 is 0 Å². The number of pyridine rings is 1. The van der Waals surface area contributed by atoms with Gasteiger partial charge in [-0.1, -0.05) is 18.2 Å². The summed E-state index contributed by atoms with van der Waals surface area (Å²) in [5, 5.41) is 20.5. The van der Waals surface area contributed by atoms with E-state index in [9.17, 15) is 9.90 Å². The number of anilines is 2. The minimum absolute atomic E-state index is 0.301. The number of hydrogen-bond acceptors (Lipinski definition) is 7. The minimum atomic E-state index is -0.533. The first-order valence-corrected chi connectivity index (χ1v) is 13.2. The maximum absolute atomic E-state index is 12.3. The fourth-order valence-corrected chi connectivity index (χ4v) is 5.71. The number of piperidine rings is 1. The Morgan fingerprint density at radius 3 is 2.43 bits per heavy atom. The van der Waals surface area contributed by atoms with Crippen molar-refractivity contribution in [3.05, 3.63) is 64.0 Å². The zero-order valence-corrected chi connectivity index (χ0v) is 21.8. The lowest BCUT2D eigenvalue weighted by Gasteiger charge is -2.37. The molecule has 1 amide bonds. The Morgan fingerprint density at radius 2 is 1.81 bits per heavy atom. The first-order chi connectivity index (χ1) is 17.9. The van der Waals surface area contributed by atoms with E-state index in [1.54, 1.807) is 0 Å². The van der Waals surface area contributed by atoms with Crippen molar-refractivity contribution in [2.75, 3.05) is 36.4 Å². The maximum Gasteiger partial charge on any atom is 0.254 e. The molecular formula is C28H37N7O2. The Balaban J connectivity index is 1.22. The molecule has 2 fully saturated rings. The van der Waals surface area contributed by atoms with Gasteiger partial charge in [0.05, 0.1) is 5.69 Å². The highest BCUT2D eigenvalue weighted by molar-refractivity contribution is 5.99. The molecule has 9 nitrogen and oxygen atoms in total. The summed E-state index contributed by atoms with van der Waals surface area (Å²) in [4.78, 5) is 22.1. The average molecular weight is 504 g/mol. The highest BCUT2D eigenvalue weighted by atomic mass is 16.3. The summed E-state index contributed by atoms with van der Waals surface area (Å²) in [5.41, 5.74) is 10.3. The van der Waals surface area contributed by atoms with E-state index in [-0.39, 0.29) is 0 Å². The van der Waals surface area contributed by atoms with Gasteiger partial charge in [0.25, 0.3) is 5.91 Å². The number of amides is 1. The number of carbonyl (C=O) groups excluding carboxylic acids is 1. The van der Waals surface area contributed by atoms with E-state index in [2.05, 4.69) is 37.4 Å². The predicted octanol–water partition coefficient (Wildman–Crippen LogP) is 3.49. The van der Waals surface area contributed by atoms with Crippen molar-refractivity contribution in [3.63, 3.8) is 0 Å². The van der Waals surface area contributed by atoms with Crippen LogP contribution in [0.2, 0.25) is 0 Å². The summed E-state index contributed by atoms with van der Waals surface area (Å²) in [7, 11) is 0. The number of aromatic nitrogens is 3. The molecule has 0 bridgehead atoms. The molecule has 0 saturated carbocycles. The summed E-state index contributed by atoms with van der Waals surface area (Å²) < 4.78 is 0. The Kier molecular flexibility index (Phi) is 7.32. The molecule has 0 spiro atoms. The van der Waals surface area contributed by atoms with Crippen LogP contribution in [-0.4, -0.2) is 63.3 Å². The largest absolute Gasteiger partial charge is 0.507 e. The van der Waals surface area contributed by atoms with Crippen molar-refractivity contribution in [2.45, 2.75) is 58.5 Å². The quantitative estimate of drug-likeness (QED) is 0.371. The molecule has 5 rings (SSSR count). The van der Waals surface area contributed by atoms with Crippen LogP contribution in [0, 0.1) is 13.8 Å². The first kappa shape index (κ1) is 25.1. The number of carbonyl (C=O) groups is 1. The van der Waals surface area contributed by atoms with Crippen LogP contribution in [0.4, 0.5) is 11.6 Å². The summed E-state index contributed by atoms with van der Waals surface area (Å²) in [6, 6.07) is 8.68. The molecule has 9 heteroatoms. The van der Waals surface area contributed by atoms with Gasteiger partial charge in [-0.05, 0) is 80.9 Å². The van der Waals surface area contributed by atoms with Gasteiger partial charge in [0, 0.05) is 38.3 Å². The van der Waals surface area contributed by atoms with Crippen molar-refractivity contribution in [2.24, 2.45) is 5.73 Å². The van der Waals surface area contributed by atoms with Gasteiger partial charge in [0.15, 0.2) is 5.82 Å². The molecule has 0 unspecified atom stereocenters. The van der Waals surface area contributed by atoms with Crippen molar-refractivity contribution < 1.29 is 9.90 Å². The second-order valence-corrected chi connectivity index (χ2v) is 10.4. The number of phenolic OH excluding ortho intramolecular Hbond substituents is 1. The molecule has 1 aromatic carbocycles. The van der Waals surface area contributed by atoms with Crippen LogP contribution in [0.15, 0.2) is 30.5 Å². The number of aromatic hydroxyl groups is 1. The van der Waals surface area contributed by atoms with Gasteiger partial charge in [-0.25, -0.2) is 4.98 Å². The highest BCUT2D eigenvalue weighted by Gasteiger charge is 2.27. The zero-order chi connectivity index (χ0) is 25.9. The monoisotopic (exact) mass is 503 g/mol. The van der Waals surface area contributed by atoms with Crippen LogP contribution in [0.5, 0.6) is 5.75 Å². The van der Waals surface area contributed by atoms with Crippen molar-refractivity contribution in [3.8, 4) is 5.75 Å². The number of H-pyrrole nitrogens is 1. The number of nitrogens with one attached hydrogen (secondary N) is 2. The topological polar surface area (TPSA) is 123 Å². The molecular weight excluding hydrogens is 466 g/mol. The molecule has 37 heavy (non-hydrogen) atoms. The second kappa shape index (κ2) is 10.8. The van der Waals surface area contributed by atoms with Crippen molar-refractivity contribution >= 4 is 17.5 Å². The van der Waals surface area contributed by atoms with E-state index in [1.807, 2.05) is 32.2 Å². The highest BCUT2D eigenvalue weighted by Crippen LogP contribution is 2.26. The molecule has 3 aromatic rings. The van der Waals surface area contributed by atoms with Crippen LogP contribution in [0.25, 0.3) is 0 Å². The number of hydrogen-bond donors (Lipinski definition) is 4. The SMILES string of the molecule is Cc1cc(CNc2n[nH]c(Cc3ccc(N4CCC(N5CCCC5)CC4)nc3)c2C(N)=O)cc(C)c1O. The summed E-state index contributed by atoms with van der Waals surface area (Å²) in [6.07, 6.45) is 7.42. The number of aryl methyl sites for hydroxylation is 2. The van der Waals surface area contributed by atoms with E-state index in [1.165, 1.54) is 38.8 Å². The standard InChI is InChI=1S/C28H37N7O2/c1-18-13-21(14-19(2)26(18)36)17-31-28-25(27(29)37)23(32-33-28)15-20-5-6-24(30-16-20)35-11-7-22(8-12-35)34-9-3-4-10-34/h5-6,13-14,16,22,36H,3-4,7-12,15,17H2,1-2H3,(H2,29,37)(H2,31,32,33). The number of primary amides is 1. The third-order valence-electron chi connectivity index (χ3n) is 7.73. The number of nitrogens with two attached hydrogens (primary N) is 1. The Labute approximate surface area is 218 Å². The van der Waals surface area contributed by atoms with Gasteiger partial charge in [0.1, 0.15) is 17.1 Å². The predicted molar refractivity (Wildman–Crippen MR) is 145 cm³/mol. The third kappa shape index (κ3) is 5.56. The fraction of sp³-hybridized carbons (Fsp3) is 0.464. The molecule has 4 heterocycles. The van der Waals surface area contributed by atoms with E-state index >= 15 is 0 Å². The summed E-state index contributed by atoms with van der Waals surface area (Å²) >= 11 is 0. The van der Waals surface area contributed by atoms with Crippen LogP contribution in [0.3, 0.4) is 0 Å². The van der Waals surface area contributed by atoms with Gasteiger partial charge in [-0.2, -0.15) is 5.10 Å². The van der Waals surface area contributed by atoms with Gasteiger partial charge in [-0.3, -0.25) is 9.89 Å². The molecule has 0 atom stereocenters. The Bertz CT molecular complexity index is 1220. The van der Waals surface area contributed by atoms with Crippen molar-refractivity contribution in [1.29, 1.82) is 0 Å². The number of benzene rings is 1. The number of phenols is 1. The second-order valence-electron chi connectivity index (χ2n) is 10.4. The fourth-order valence-electron chi connectivity index (χ4n) is 5.71. The zero-order valence-electron chi connectivity index (χ0n) is 21.8. The molecule has 2 aliphatic rings. The van der Waals surface area contributed by atoms with Crippen LogP contribution in [0.1, 0.15) is 64.0 Å². The van der Waals surface area contributed by atoms with E-state index in [0.717, 1.165) is 47.2 Å². The number of rotatable bonds is 8. The molecule has 0 radical (unpaired) electrons. The van der Waals surface area contributed by atoms with Gasteiger partial charge in [0.2, 0.25) is 0 Å². The lowest BCUT2D eigenvalue weighted by molar-refractivity contribution is 0.100. The molecule has 2 aliphatic heterocycles. The van der Waals surface area contributed by atoms with E-state index < -0.39 is 5.91 Å². The molecule has 0 aliphatic carbocycles. The number of nitrogens with zero attached hydrogens (tertiary/aromatic N) is 4. The maximum atomic E-state index is 12.3. The third-order valence-corrected chi connectivity index (χ3v) is 7.73. The minimum Gasteiger partial charge on any atom is -0.507 e. The lowest BCUT2D eigenvalue weighted by atomic mass is 10.0. The molecule has 196 valence electrons. The molecule has 2 aromatic heterocycles. The van der Waals surface area contributed by atoms with Gasteiger partial charge < -0.3 is 26.0 Å². The lowest BCUT2D eigenvalue weighted by Crippen LogP contribution is -2.44. The van der Waals surface area contributed by atoms with Crippen LogP contribution < -0.4 is 16.0 Å². The van der Waals surface area contributed by atoms with Crippen molar-refractivity contribution in [1.82, 2.24) is 20.1 Å². The Hall–Kier alpha value is -3.59. The van der Waals surface area contributed by atoms with Gasteiger partial charge >= 0.3 is 0 Å². The summed E-state index contributed by atoms with van der Waals surface area (Å²) in [6.45, 7) is 8.77. The number of likely N-dealkylation sites (tertiary alicyclic amines) is 1. The van der Waals surface area contributed by atoms with E-state index in [0.29, 0.717) is 35.8 Å². The van der Waals surface area contributed by atoms with Crippen LogP contribution in [-0.2, 0) is 13.0 Å².